The fourth-order valence-electron chi connectivity index (χ4n) is 3.59. The fourth-order valence-corrected chi connectivity index (χ4v) is 5.20. The second-order valence-corrected chi connectivity index (χ2v) is 9.38. The third-order valence-electron chi connectivity index (χ3n) is 4.90. The van der Waals surface area contributed by atoms with Crippen LogP contribution in [0.25, 0.3) is 0 Å². The monoisotopic (exact) mass is 471 g/mol. The predicted molar refractivity (Wildman–Crippen MR) is 120 cm³/mol. The molecule has 1 aromatic heterocycles. The van der Waals surface area contributed by atoms with E-state index in [1.165, 1.54) is 16.8 Å². The van der Waals surface area contributed by atoms with Crippen LogP contribution in [-0.2, 0) is 18.5 Å². The molecule has 11 nitrogen and oxygen atoms in total. The third-order valence-corrected chi connectivity index (χ3v) is 6.97. The molecule has 0 saturated carbocycles. The number of aromatic amines is 1. The van der Waals surface area contributed by atoms with Gasteiger partial charge < -0.3 is 24.3 Å². The van der Waals surface area contributed by atoms with Crippen molar-refractivity contribution in [2.75, 3.05) is 19.8 Å². The van der Waals surface area contributed by atoms with E-state index in [0.717, 1.165) is 0 Å². The van der Waals surface area contributed by atoms with Gasteiger partial charge >= 0.3 is 5.69 Å². The van der Waals surface area contributed by atoms with Crippen LogP contribution in [0.4, 0.5) is 0 Å². The molecule has 1 saturated heterocycles. The van der Waals surface area contributed by atoms with E-state index in [4.69, 9.17) is 29.5 Å². The van der Waals surface area contributed by atoms with E-state index in [1.807, 2.05) is 34.6 Å². The molecule has 0 amide bonds. The average Bonchev–Trinajstić information content (AvgIpc) is 3.01. The molecule has 12 heteroatoms. The predicted octanol–water partition coefficient (Wildman–Crippen LogP) is 1.46. The first kappa shape index (κ1) is 26.6. The van der Waals surface area contributed by atoms with Crippen LogP contribution >= 0.6 is 8.53 Å². The van der Waals surface area contributed by atoms with Crippen LogP contribution in [0.15, 0.2) is 21.9 Å². The summed E-state index contributed by atoms with van der Waals surface area (Å²) in [5.41, 5.74) is 5.31. The lowest BCUT2D eigenvalue weighted by Crippen LogP contribution is -2.44. The summed E-state index contributed by atoms with van der Waals surface area (Å²) in [6.45, 7) is 10.8. The first-order valence-corrected chi connectivity index (χ1v) is 11.9. The van der Waals surface area contributed by atoms with E-state index in [1.54, 1.807) is 0 Å². The molecule has 0 spiro atoms. The molecular weight excluding hydrogens is 437 g/mol. The lowest BCUT2D eigenvalue weighted by Gasteiger charge is -2.36. The van der Waals surface area contributed by atoms with Gasteiger partial charge in [-0.1, -0.05) is 0 Å². The van der Waals surface area contributed by atoms with Crippen molar-refractivity contribution >= 4 is 8.53 Å². The number of nitriles is 1. The second kappa shape index (κ2) is 12.6. The highest BCUT2D eigenvalue weighted by Crippen LogP contribution is 2.46. The Labute approximate surface area is 189 Å². The van der Waals surface area contributed by atoms with Crippen LogP contribution < -0.4 is 17.0 Å². The molecule has 0 bridgehead atoms. The Kier molecular flexibility index (Phi) is 10.4. The summed E-state index contributed by atoms with van der Waals surface area (Å²) in [7, 11) is -1.46. The highest BCUT2D eigenvalue weighted by atomic mass is 31.2. The Morgan fingerprint density at radius 2 is 2.00 bits per heavy atom. The highest BCUT2D eigenvalue weighted by Gasteiger charge is 2.45. The van der Waals surface area contributed by atoms with Crippen molar-refractivity contribution in [1.29, 1.82) is 5.26 Å². The molecule has 0 radical (unpaired) electrons. The van der Waals surface area contributed by atoms with Crippen LogP contribution in [0.3, 0.4) is 0 Å². The van der Waals surface area contributed by atoms with Crippen LogP contribution in [0, 0.1) is 11.3 Å². The Balaban J connectivity index is 2.19. The Bertz CT molecular complexity index is 861. The Hall–Kier alpha value is -1.64. The molecule has 1 aliphatic heterocycles. The van der Waals surface area contributed by atoms with Crippen LogP contribution in [0.1, 0.15) is 47.3 Å². The lowest BCUT2D eigenvalue weighted by atomic mass is 10.1. The number of hydrogen-bond acceptors (Lipinski definition) is 9. The highest BCUT2D eigenvalue weighted by molar-refractivity contribution is 7.44. The number of nitrogens with zero attached hydrogens (tertiary/aromatic N) is 3. The van der Waals surface area contributed by atoms with Crippen molar-refractivity contribution in [3.8, 4) is 6.07 Å². The zero-order valence-corrected chi connectivity index (χ0v) is 20.2. The number of nitrogens with two attached hydrogens (primary N) is 1. The normalized spacial score (nSPS) is 24.4. The molecule has 1 fully saturated rings. The zero-order valence-electron chi connectivity index (χ0n) is 19.3. The topological polar surface area (TPSA) is 145 Å². The number of ether oxygens (including phenoxy) is 2. The molecule has 2 rings (SSSR count). The van der Waals surface area contributed by atoms with Crippen molar-refractivity contribution in [2.45, 2.75) is 77.6 Å². The van der Waals surface area contributed by atoms with Crippen molar-refractivity contribution in [3.05, 3.63) is 33.1 Å². The largest absolute Gasteiger partial charge is 0.372 e. The average molecular weight is 471 g/mol. The summed E-state index contributed by atoms with van der Waals surface area (Å²) in [5.74, 6) is 0. The van der Waals surface area contributed by atoms with Gasteiger partial charge in [0.25, 0.3) is 14.1 Å². The minimum atomic E-state index is -1.46. The van der Waals surface area contributed by atoms with E-state index in [-0.39, 0.29) is 31.7 Å². The standard InChI is InChI=1S/C20H34N5O6P/c1-6-28-18-17(22)15(31-19(18)24-10-8-16(26)23-20(24)27)12-30-32(29-11-7-9-21)25(13(2)3)14(4)5/h8,10,13-15,17-19H,6-7,11-12,22H2,1-5H3,(H,23,26,27)/t15-,17-,18-,19-,32?/m1/s1. The van der Waals surface area contributed by atoms with Gasteiger partial charge in [0.15, 0.2) is 6.23 Å². The van der Waals surface area contributed by atoms with Gasteiger partial charge in [0.1, 0.15) is 12.2 Å². The molecule has 0 aromatic carbocycles. The quantitative estimate of drug-likeness (QED) is 0.342. The molecule has 1 aromatic rings. The Morgan fingerprint density at radius 3 is 2.56 bits per heavy atom. The van der Waals surface area contributed by atoms with E-state index in [0.29, 0.717) is 6.61 Å². The molecule has 3 N–H and O–H groups in total. The van der Waals surface area contributed by atoms with E-state index >= 15 is 0 Å². The molecule has 1 unspecified atom stereocenters. The van der Waals surface area contributed by atoms with Gasteiger partial charge in [0.2, 0.25) is 0 Å². The smallest absolute Gasteiger partial charge is 0.330 e. The lowest BCUT2D eigenvalue weighted by molar-refractivity contribution is -0.0696. The van der Waals surface area contributed by atoms with Gasteiger partial charge in [0, 0.05) is 31.0 Å². The number of rotatable bonds is 12. The number of H-pyrrole nitrogens is 1. The summed E-state index contributed by atoms with van der Waals surface area (Å²) >= 11 is 0. The van der Waals surface area contributed by atoms with Crippen molar-refractivity contribution < 1.29 is 18.5 Å². The molecule has 1 aliphatic rings. The molecular formula is C20H34N5O6P. The number of aromatic nitrogens is 2. The van der Waals surface area contributed by atoms with Gasteiger partial charge in [0.05, 0.1) is 31.7 Å². The maximum absolute atomic E-state index is 12.3. The van der Waals surface area contributed by atoms with Crippen LogP contribution in [0.5, 0.6) is 0 Å². The van der Waals surface area contributed by atoms with Crippen LogP contribution in [0.2, 0.25) is 0 Å². The van der Waals surface area contributed by atoms with E-state index in [2.05, 4.69) is 15.7 Å². The van der Waals surface area contributed by atoms with Crippen LogP contribution in [-0.4, -0.2) is 64.4 Å². The molecule has 2 heterocycles. The Morgan fingerprint density at radius 1 is 1.31 bits per heavy atom. The van der Waals surface area contributed by atoms with Gasteiger partial charge in [-0.15, -0.1) is 0 Å². The minimum absolute atomic E-state index is 0.119. The summed E-state index contributed by atoms with van der Waals surface area (Å²) in [6.07, 6.45) is -0.351. The number of nitrogens with one attached hydrogen (secondary N) is 1. The maximum Gasteiger partial charge on any atom is 0.330 e. The second-order valence-electron chi connectivity index (χ2n) is 7.92. The van der Waals surface area contributed by atoms with Gasteiger partial charge in [-0.05, 0) is 34.6 Å². The first-order chi connectivity index (χ1) is 15.2. The molecule has 0 aliphatic carbocycles. The van der Waals surface area contributed by atoms with Crippen molar-refractivity contribution in [2.24, 2.45) is 5.73 Å². The van der Waals surface area contributed by atoms with Gasteiger partial charge in [-0.3, -0.25) is 14.3 Å². The summed E-state index contributed by atoms with van der Waals surface area (Å²) in [4.78, 5) is 25.9. The van der Waals surface area contributed by atoms with Gasteiger partial charge in [-0.25, -0.2) is 9.46 Å². The minimum Gasteiger partial charge on any atom is -0.372 e. The summed E-state index contributed by atoms with van der Waals surface area (Å²) in [6, 6.07) is 3.06. The van der Waals surface area contributed by atoms with E-state index < -0.39 is 44.3 Å². The molecule has 180 valence electrons. The SMILES string of the molecule is CCO[C@@H]1[C@H](N)[C@@H](COP(OCCC#N)N(C(C)C)C(C)C)O[C@H]1n1ccc(=O)[nH]c1=O. The molecule has 5 atom stereocenters. The van der Waals surface area contributed by atoms with E-state index in [9.17, 15) is 9.59 Å². The fraction of sp³-hybridized carbons (Fsp3) is 0.750. The zero-order chi connectivity index (χ0) is 23.8. The van der Waals surface area contributed by atoms with Crippen molar-refractivity contribution in [3.63, 3.8) is 0 Å². The van der Waals surface area contributed by atoms with Crippen molar-refractivity contribution in [1.82, 2.24) is 14.2 Å². The summed E-state index contributed by atoms with van der Waals surface area (Å²) < 4.78 is 27.3. The first-order valence-electron chi connectivity index (χ1n) is 10.8. The maximum atomic E-state index is 12.3. The molecule has 32 heavy (non-hydrogen) atoms. The third kappa shape index (κ3) is 6.68. The van der Waals surface area contributed by atoms with Gasteiger partial charge in [-0.2, -0.15) is 5.26 Å². The summed E-state index contributed by atoms with van der Waals surface area (Å²) in [5, 5.41) is 8.85. The number of hydrogen-bond donors (Lipinski definition) is 2.